The van der Waals surface area contributed by atoms with Crippen molar-refractivity contribution in [2.45, 2.75) is 18.8 Å². The van der Waals surface area contributed by atoms with Gasteiger partial charge in [0.1, 0.15) is 5.82 Å². The fourth-order valence-corrected chi connectivity index (χ4v) is 3.04. The molecular weight excluding hydrogens is 248 g/mol. The Balaban J connectivity index is 1.51. The smallest absolute Gasteiger partial charge is 0.205 e. The van der Waals surface area contributed by atoms with E-state index in [1.165, 1.54) is 12.8 Å². The summed E-state index contributed by atoms with van der Waals surface area (Å²) in [7, 11) is 1.76. The molecule has 0 aromatic carbocycles. The molecule has 2 aliphatic rings. The van der Waals surface area contributed by atoms with Gasteiger partial charge < -0.3 is 9.64 Å². The molecule has 1 aliphatic heterocycles. The Kier molecular flexibility index (Phi) is 3.77. The normalized spacial score (nSPS) is 21.5. The van der Waals surface area contributed by atoms with Gasteiger partial charge in [0.2, 0.25) is 5.13 Å². The first-order valence-electron chi connectivity index (χ1n) is 6.66. The Morgan fingerprint density at radius 1 is 1.28 bits per heavy atom. The van der Waals surface area contributed by atoms with Crippen LogP contribution < -0.4 is 4.90 Å². The topological polar surface area (TPSA) is 41.5 Å². The maximum Gasteiger partial charge on any atom is 0.205 e. The summed E-state index contributed by atoms with van der Waals surface area (Å²) in [4.78, 5) is 9.49. The van der Waals surface area contributed by atoms with Gasteiger partial charge in [0, 0.05) is 57.3 Å². The number of hydrogen-bond acceptors (Lipinski definition) is 6. The maximum atomic E-state index is 5.12. The van der Waals surface area contributed by atoms with Crippen LogP contribution in [0.1, 0.15) is 24.6 Å². The highest BCUT2D eigenvalue weighted by Crippen LogP contribution is 2.39. The van der Waals surface area contributed by atoms with Crippen LogP contribution in [0.15, 0.2) is 0 Å². The van der Waals surface area contributed by atoms with Crippen molar-refractivity contribution < 1.29 is 4.74 Å². The number of methoxy groups -OCH3 is 1. The van der Waals surface area contributed by atoms with Crippen LogP contribution in [-0.2, 0) is 4.74 Å². The Hall–Kier alpha value is -0.720. The zero-order valence-corrected chi connectivity index (χ0v) is 11.7. The highest BCUT2D eigenvalue weighted by molar-refractivity contribution is 7.09. The molecule has 18 heavy (non-hydrogen) atoms. The lowest BCUT2D eigenvalue weighted by molar-refractivity contribution is 0.144. The molecule has 0 radical (unpaired) electrons. The molecule has 0 N–H and O–H groups in total. The lowest BCUT2D eigenvalue weighted by atomic mass is 10.3. The van der Waals surface area contributed by atoms with E-state index in [0.717, 1.165) is 50.3 Å². The molecule has 5 nitrogen and oxygen atoms in total. The van der Waals surface area contributed by atoms with Gasteiger partial charge in [-0.3, -0.25) is 4.90 Å². The molecule has 6 heteroatoms. The average Bonchev–Trinajstić information content (AvgIpc) is 3.15. The second kappa shape index (κ2) is 5.50. The first-order valence-corrected chi connectivity index (χ1v) is 7.44. The molecule has 2 heterocycles. The molecular formula is C12H20N4OS. The Labute approximate surface area is 112 Å². The number of anilines is 1. The third kappa shape index (κ3) is 2.81. The molecule has 2 fully saturated rings. The van der Waals surface area contributed by atoms with Crippen molar-refractivity contribution in [3.63, 3.8) is 0 Å². The molecule has 0 bridgehead atoms. The number of piperazine rings is 1. The molecule has 1 aliphatic carbocycles. The van der Waals surface area contributed by atoms with Gasteiger partial charge in [-0.15, -0.1) is 0 Å². The van der Waals surface area contributed by atoms with Crippen LogP contribution in [-0.4, -0.2) is 60.7 Å². The lowest BCUT2D eigenvalue weighted by Gasteiger charge is -2.34. The molecule has 1 aromatic heterocycles. The zero-order chi connectivity index (χ0) is 12.4. The quantitative estimate of drug-likeness (QED) is 0.802. The molecule has 0 unspecified atom stereocenters. The summed E-state index contributed by atoms with van der Waals surface area (Å²) >= 11 is 1.57. The minimum atomic E-state index is 0.665. The highest BCUT2D eigenvalue weighted by atomic mass is 32.1. The summed E-state index contributed by atoms with van der Waals surface area (Å²) in [5.74, 6) is 1.75. The van der Waals surface area contributed by atoms with Crippen LogP contribution in [0.5, 0.6) is 0 Å². The van der Waals surface area contributed by atoms with Gasteiger partial charge in [-0.1, -0.05) is 0 Å². The third-order valence-electron chi connectivity index (χ3n) is 3.63. The molecule has 0 spiro atoms. The van der Waals surface area contributed by atoms with Crippen molar-refractivity contribution in [1.82, 2.24) is 14.3 Å². The minimum Gasteiger partial charge on any atom is -0.383 e. The monoisotopic (exact) mass is 268 g/mol. The van der Waals surface area contributed by atoms with Crippen LogP contribution >= 0.6 is 11.5 Å². The number of rotatable bonds is 5. The minimum absolute atomic E-state index is 0.665. The van der Waals surface area contributed by atoms with E-state index in [0.29, 0.717) is 5.92 Å². The van der Waals surface area contributed by atoms with Crippen LogP contribution in [0.4, 0.5) is 5.13 Å². The van der Waals surface area contributed by atoms with Gasteiger partial charge in [-0.25, -0.2) is 4.98 Å². The predicted molar refractivity (Wildman–Crippen MR) is 72.4 cm³/mol. The molecule has 1 saturated carbocycles. The second-order valence-corrected chi connectivity index (χ2v) is 5.76. The van der Waals surface area contributed by atoms with E-state index in [1.54, 1.807) is 18.6 Å². The van der Waals surface area contributed by atoms with Crippen LogP contribution in [0.25, 0.3) is 0 Å². The van der Waals surface area contributed by atoms with Crippen LogP contribution in [0.3, 0.4) is 0 Å². The summed E-state index contributed by atoms with van der Waals surface area (Å²) in [6.07, 6.45) is 2.56. The molecule has 1 saturated heterocycles. The van der Waals surface area contributed by atoms with Gasteiger partial charge in [0.25, 0.3) is 0 Å². The van der Waals surface area contributed by atoms with Crippen molar-refractivity contribution in [3.05, 3.63) is 5.82 Å². The fraction of sp³-hybridized carbons (Fsp3) is 0.833. The Bertz CT molecular complexity index is 385. The summed E-state index contributed by atoms with van der Waals surface area (Å²) in [6.45, 7) is 6.17. The van der Waals surface area contributed by atoms with E-state index >= 15 is 0 Å². The summed E-state index contributed by atoms with van der Waals surface area (Å²) < 4.78 is 9.59. The molecule has 0 amide bonds. The molecule has 3 rings (SSSR count). The SMILES string of the molecule is COCCN1CCN(c2nc(C3CC3)ns2)CC1. The van der Waals surface area contributed by atoms with Crippen molar-refractivity contribution in [2.24, 2.45) is 0 Å². The number of nitrogens with zero attached hydrogens (tertiary/aromatic N) is 4. The van der Waals surface area contributed by atoms with Gasteiger partial charge in [-0.05, 0) is 12.8 Å². The second-order valence-electron chi connectivity index (χ2n) is 5.03. The van der Waals surface area contributed by atoms with E-state index in [4.69, 9.17) is 4.74 Å². The van der Waals surface area contributed by atoms with Gasteiger partial charge in [-0.2, -0.15) is 4.37 Å². The van der Waals surface area contributed by atoms with E-state index in [1.807, 2.05) is 0 Å². The van der Waals surface area contributed by atoms with E-state index < -0.39 is 0 Å². The first kappa shape index (κ1) is 12.3. The fourth-order valence-electron chi connectivity index (χ4n) is 2.25. The molecule has 1 aromatic rings. The standard InChI is InChI=1S/C12H20N4OS/c1-17-9-8-15-4-6-16(7-5-15)12-13-11(14-18-12)10-2-3-10/h10H,2-9H2,1H3. The number of ether oxygens (including phenoxy) is 1. The van der Waals surface area contributed by atoms with Crippen LogP contribution in [0.2, 0.25) is 0 Å². The van der Waals surface area contributed by atoms with E-state index in [-0.39, 0.29) is 0 Å². The van der Waals surface area contributed by atoms with Crippen molar-refractivity contribution in [2.75, 3.05) is 51.3 Å². The van der Waals surface area contributed by atoms with Crippen LogP contribution in [0, 0.1) is 0 Å². The predicted octanol–water partition coefficient (Wildman–Crippen LogP) is 1.18. The number of aromatic nitrogens is 2. The van der Waals surface area contributed by atoms with Gasteiger partial charge in [0.05, 0.1) is 6.61 Å². The van der Waals surface area contributed by atoms with E-state index in [2.05, 4.69) is 19.2 Å². The molecule has 0 atom stereocenters. The number of hydrogen-bond donors (Lipinski definition) is 0. The van der Waals surface area contributed by atoms with Crippen molar-refractivity contribution >= 4 is 16.7 Å². The summed E-state index contributed by atoms with van der Waals surface area (Å²) in [5.41, 5.74) is 0. The lowest BCUT2D eigenvalue weighted by Crippen LogP contribution is -2.47. The third-order valence-corrected chi connectivity index (χ3v) is 4.42. The zero-order valence-electron chi connectivity index (χ0n) is 10.8. The molecule has 100 valence electrons. The summed E-state index contributed by atoms with van der Waals surface area (Å²) in [5, 5.41) is 1.11. The largest absolute Gasteiger partial charge is 0.383 e. The highest BCUT2D eigenvalue weighted by Gasteiger charge is 2.29. The van der Waals surface area contributed by atoms with Gasteiger partial charge in [0.15, 0.2) is 0 Å². The summed E-state index contributed by atoms with van der Waals surface area (Å²) in [6, 6.07) is 0. The van der Waals surface area contributed by atoms with E-state index in [9.17, 15) is 0 Å². The van der Waals surface area contributed by atoms with Crippen molar-refractivity contribution in [3.8, 4) is 0 Å². The Morgan fingerprint density at radius 2 is 2.06 bits per heavy atom. The van der Waals surface area contributed by atoms with Gasteiger partial charge >= 0.3 is 0 Å². The Morgan fingerprint density at radius 3 is 2.72 bits per heavy atom. The average molecular weight is 268 g/mol. The maximum absolute atomic E-state index is 5.12. The first-order chi connectivity index (χ1) is 8.86. The van der Waals surface area contributed by atoms with Crippen molar-refractivity contribution in [1.29, 1.82) is 0 Å².